The summed E-state index contributed by atoms with van der Waals surface area (Å²) in [4.78, 5) is 29.8. The highest BCUT2D eigenvalue weighted by Crippen LogP contribution is 2.29. The summed E-state index contributed by atoms with van der Waals surface area (Å²) in [5.74, 6) is -0.332. The molecule has 0 aliphatic carbocycles. The molecule has 5 aromatic carbocycles. The van der Waals surface area contributed by atoms with Gasteiger partial charge in [0.2, 0.25) is 11.8 Å². The first kappa shape index (κ1) is 35.8. The van der Waals surface area contributed by atoms with Gasteiger partial charge in [-0.15, -0.1) is 0 Å². The van der Waals surface area contributed by atoms with Crippen molar-refractivity contribution in [2.75, 3.05) is 17.4 Å². The Morgan fingerprint density at radius 2 is 1.36 bits per heavy atom. The van der Waals surface area contributed by atoms with Crippen LogP contribution in [0.2, 0.25) is 0 Å². The molecule has 0 spiro atoms. The Morgan fingerprint density at radius 1 is 0.760 bits per heavy atom. The Balaban J connectivity index is 1.55. The fourth-order valence-electron chi connectivity index (χ4n) is 5.38. The van der Waals surface area contributed by atoms with Gasteiger partial charge in [0.05, 0.1) is 10.6 Å². The summed E-state index contributed by atoms with van der Waals surface area (Å²) in [6.07, 6.45) is 0.863. The van der Waals surface area contributed by atoms with E-state index in [2.05, 4.69) is 5.32 Å². The van der Waals surface area contributed by atoms with Crippen molar-refractivity contribution in [3.63, 3.8) is 0 Å². The number of hydrogen-bond donors (Lipinski definition) is 1. The molecule has 0 heterocycles. The zero-order chi connectivity index (χ0) is 35.5. The maximum atomic E-state index is 14.6. The van der Waals surface area contributed by atoms with Gasteiger partial charge in [-0.2, -0.15) is 0 Å². The molecule has 50 heavy (non-hydrogen) atoms. The monoisotopic (exact) mass is 693 g/mol. The van der Waals surface area contributed by atoms with E-state index in [1.165, 1.54) is 29.2 Å². The highest BCUT2D eigenvalue weighted by molar-refractivity contribution is 7.92. The smallest absolute Gasteiger partial charge is 0.264 e. The van der Waals surface area contributed by atoms with Crippen LogP contribution in [-0.2, 0) is 32.6 Å². The number of aryl methyl sites for hydroxylation is 1. The molecular weight excluding hydrogens is 654 g/mol. The van der Waals surface area contributed by atoms with Crippen LogP contribution in [0, 0.1) is 12.7 Å². The van der Waals surface area contributed by atoms with E-state index < -0.39 is 34.3 Å². The van der Waals surface area contributed by atoms with Gasteiger partial charge in [-0.25, -0.2) is 12.8 Å². The number of amides is 2. The van der Waals surface area contributed by atoms with Gasteiger partial charge in [-0.05, 0) is 85.1 Å². The predicted octanol–water partition coefficient (Wildman–Crippen LogP) is 7.29. The van der Waals surface area contributed by atoms with Crippen molar-refractivity contribution < 1.29 is 27.1 Å². The molecule has 5 aromatic rings. The van der Waals surface area contributed by atoms with Crippen LogP contribution in [0.1, 0.15) is 30.0 Å². The minimum Gasteiger partial charge on any atom is -0.457 e. The first-order valence-corrected chi connectivity index (χ1v) is 17.9. The maximum Gasteiger partial charge on any atom is 0.264 e. The Bertz CT molecular complexity index is 1960. The number of nitrogens with zero attached hydrogens (tertiary/aromatic N) is 2. The number of sulfonamides is 1. The second-order valence-electron chi connectivity index (χ2n) is 11.9. The van der Waals surface area contributed by atoms with Crippen LogP contribution >= 0.6 is 0 Å². The van der Waals surface area contributed by atoms with Crippen molar-refractivity contribution in [1.29, 1.82) is 0 Å². The van der Waals surface area contributed by atoms with Gasteiger partial charge in [0.25, 0.3) is 10.0 Å². The van der Waals surface area contributed by atoms with E-state index in [1.54, 1.807) is 60.7 Å². The zero-order valence-electron chi connectivity index (χ0n) is 28.0. The van der Waals surface area contributed by atoms with Crippen LogP contribution in [0.25, 0.3) is 0 Å². The summed E-state index contributed by atoms with van der Waals surface area (Å²) in [6, 6.07) is 36.0. The molecule has 0 saturated carbocycles. The predicted molar refractivity (Wildman–Crippen MR) is 193 cm³/mol. The summed E-state index contributed by atoms with van der Waals surface area (Å²) >= 11 is 0. The second-order valence-corrected chi connectivity index (χ2v) is 13.7. The van der Waals surface area contributed by atoms with Crippen molar-refractivity contribution in [1.82, 2.24) is 10.2 Å². The molecule has 0 aromatic heterocycles. The lowest BCUT2D eigenvalue weighted by atomic mass is 10.0. The number of hydrogen-bond acceptors (Lipinski definition) is 5. The molecule has 2 amide bonds. The van der Waals surface area contributed by atoms with E-state index in [-0.39, 0.29) is 29.5 Å². The van der Waals surface area contributed by atoms with Crippen LogP contribution in [0.15, 0.2) is 138 Å². The standard InChI is InChI=1S/C40H40FN3O5S/c1-3-26-42-40(46)38(27-31-10-6-4-7-11-31)43(28-32-16-18-33(41)19-17-32)39(45)29-44(50(47,48)37-24-14-30(2)15-25-37)34-20-22-36(23-21-34)49-35-12-8-5-9-13-35/h4-25,38H,3,26-29H2,1-2H3,(H,42,46). The third kappa shape index (κ3) is 9.35. The van der Waals surface area contributed by atoms with E-state index in [4.69, 9.17) is 4.74 Å². The van der Waals surface area contributed by atoms with Crippen LogP contribution < -0.4 is 14.4 Å². The van der Waals surface area contributed by atoms with Crippen LogP contribution in [0.4, 0.5) is 10.1 Å². The topological polar surface area (TPSA) is 96.0 Å². The number of benzene rings is 5. The molecule has 0 aliphatic heterocycles. The first-order valence-electron chi connectivity index (χ1n) is 16.4. The molecule has 1 atom stereocenters. The van der Waals surface area contributed by atoms with Crippen molar-refractivity contribution >= 4 is 27.5 Å². The Kier molecular flexibility index (Phi) is 12.0. The van der Waals surface area contributed by atoms with E-state index in [1.807, 2.05) is 62.4 Å². The number of anilines is 1. The Hall–Kier alpha value is -5.48. The van der Waals surface area contributed by atoms with E-state index in [0.717, 1.165) is 15.4 Å². The number of carbonyl (C=O) groups is 2. The van der Waals surface area contributed by atoms with E-state index in [0.29, 0.717) is 30.0 Å². The van der Waals surface area contributed by atoms with Gasteiger partial charge in [-0.1, -0.05) is 85.3 Å². The quantitative estimate of drug-likeness (QED) is 0.124. The van der Waals surface area contributed by atoms with E-state index >= 15 is 0 Å². The molecular formula is C40H40FN3O5S. The van der Waals surface area contributed by atoms with Crippen molar-refractivity contribution in [2.24, 2.45) is 0 Å². The summed E-state index contributed by atoms with van der Waals surface area (Å²) in [5, 5.41) is 2.92. The van der Waals surface area contributed by atoms with Crippen molar-refractivity contribution in [3.05, 3.63) is 156 Å². The second kappa shape index (κ2) is 16.8. The first-order chi connectivity index (χ1) is 24.1. The fourth-order valence-corrected chi connectivity index (χ4v) is 6.79. The number of rotatable bonds is 15. The lowest BCUT2D eigenvalue weighted by Gasteiger charge is -2.34. The average molecular weight is 694 g/mol. The summed E-state index contributed by atoms with van der Waals surface area (Å²) in [7, 11) is -4.27. The molecule has 8 nitrogen and oxygen atoms in total. The number of para-hydroxylation sites is 1. The minimum absolute atomic E-state index is 0.00659. The number of carbonyl (C=O) groups excluding carboxylic acids is 2. The van der Waals surface area contributed by atoms with Gasteiger partial charge < -0.3 is 15.0 Å². The molecule has 0 bridgehead atoms. The summed E-state index contributed by atoms with van der Waals surface area (Å²) in [5.41, 5.74) is 2.51. The normalized spacial score (nSPS) is 11.7. The summed E-state index contributed by atoms with van der Waals surface area (Å²) in [6.45, 7) is 3.51. The van der Waals surface area contributed by atoms with Crippen molar-refractivity contribution in [2.45, 2.75) is 44.2 Å². The molecule has 0 saturated heterocycles. The third-order valence-corrected chi connectivity index (χ3v) is 9.87. The largest absolute Gasteiger partial charge is 0.457 e. The van der Waals surface area contributed by atoms with Gasteiger partial charge in [0.1, 0.15) is 29.9 Å². The molecule has 0 fully saturated rings. The molecule has 0 aliphatic rings. The molecule has 1 unspecified atom stereocenters. The fraction of sp³-hybridized carbons (Fsp3) is 0.200. The lowest BCUT2D eigenvalue weighted by molar-refractivity contribution is -0.140. The number of nitrogens with one attached hydrogen (secondary N) is 1. The zero-order valence-corrected chi connectivity index (χ0v) is 28.9. The molecule has 1 N–H and O–H groups in total. The Morgan fingerprint density at radius 3 is 1.98 bits per heavy atom. The molecule has 258 valence electrons. The minimum atomic E-state index is -4.27. The maximum absolute atomic E-state index is 14.6. The van der Waals surface area contributed by atoms with Crippen LogP contribution in [0.5, 0.6) is 11.5 Å². The number of ether oxygens (including phenoxy) is 1. The number of halogens is 1. The third-order valence-electron chi connectivity index (χ3n) is 8.08. The Labute approximate surface area is 293 Å². The van der Waals surface area contributed by atoms with Gasteiger partial charge in [-0.3, -0.25) is 13.9 Å². The van der Waals surface area contributed by atoms with Crippen LogP contribution in [0.3, 0.4) is 0 Å². The highest BCUT2D eigenvalue weighted by Gasteiger charge is 2.34. The molecule has 5 rings (SSSR count). The van der Waals surface area contributed by atoms with Crippen LogP contribution in [-0.4, -0.2) is 44.3 Å². The highest BCUT2D eigenvalue weighted by atomic mass is 32.2. The van der Waals surface area contributed by atoms with Crippen molar-refractivity contribution in [3.8, 4) is 11.5 Å². The molecule has 10 heteroatoms. The summed E-state index contributed by atoms with van der Waals surface area (Å²) < 4.78 is 49.5. The molecule has 0 radical (unpaired) electrons. The van der Waals surface area contributed by atoms with Gasteiger partial charge in [0.15, 0.2) is 0 Å². The average Bonchev–Trinajstić information content (AvgIpc) is 3.13. The SMILES string of the molecule is CCCNC(=O)C(Cc1ccccc1)N(Cc1ccc(F)cc1)C(=O)CN(c1ccc(Oc2ccccc2)cc1)S(=O)(=O)c1ccc(C)cc1. The van der Waals surface area contributed by atoms with E-state index in [9.17, 15) is 22.4 Å². The lowest BCUT2D eigenvalue weighted by Crippen LogP contribution is -2.53. The van der Waals surface area contributed by atoms with Gasteiger partial charge in [0, 0.05) is 19.5 Å². The van der Waals surface area contributed by atoms with Gasteiger partial charge >= 0.3 is 0 Å².